The van der Waals surface area contributed by atoms with E-state index in [1.807, 2.05) is 23.1 Å². The molecule has 1 amide bonds. The zero-order valence-corrected chi connectivity index (χ0v) is 17.7. The van der Waals surface area contributed by atoms with Gasteiger partial charge in [-0.3, -0.25) is 9.59 Å². The zero-order chi connectivity index (χ0) is 20.8. The number of nitrogens with zero attached hydrogens (tertiary/aromatic N) is 1. The van der Waals surface area contributed by atoms with Crippen LogP contribution in [0, 0.1) is 11.8 Å². The Morgan fingerprint density at radius 3 is 2.86 bits per heavy atom. The van der Waals surface area contributed by atoms with Crippen molar-refractivity contribution >= 4 is 23.5 Å². The summed E-state index contributed by atoms with van der Waals surface area (Å²) in [6, 6.07) is 5.71. The van der Waals surface area contributed by atoms with Crippen LogP contribution in [0.1, 0.15) is 57.6 Å². The maximum atomic E-state index is 12.5. The highest BCUT2D eigenvalue weighted by atomic mass is 35.5. The number of fused-ring (bicyclic) bond motifs is 4. The van der Waals surface area contributed by atoms with Crippen molar-refractivity contribution in [2.45, 2.75) is 63.8 Å². The van der Waals surface area contributed by atoms with Gasteiger partial charge in [0.2, 0.25) is 5.91 Å². The molecule has 0 bridgehead atoms. The maximum Gasteiger partial charge on any atom is 0.303 e. The second-order valence-corrected chi connectivity index (χ2v) is 9.40. The van der Waals surface area contributed by atoms with Gasteiger partial charge in [-0.15, -0.1) is 0 Å². The van der Waals surface area contributed by atoms with E-state index >= 15 is 0 Å². The summed E-state index contributed by atoms with van der Waals surface area (Å²) in [4.78, 5) is 25.1. The minimum Gasteiger partial charge on any atom is -0.487 e. The van der Waals surface area contributed by atoms with Crippen molar-refractivity contribution in [3.8, 4) is 5.75 Å². The number of carbonyl (C=O) groups is 2. The van der Waals surface area contributed by atoms with Gasteiger partial charge in [0, 0.05) is 48.4 Å². The normalized spacial score (nSPS) is 29.8. The van der Waals surface area contributed by atoms with E-state index in [1.54, 1.807) is 0 Å². The number of hydrogen-bond donors (Lipinski definition) is 1. The van der Waals surface area contributed by atoms with E-state index in [2.05, 4.69) is 13.8 Å². The van der Waals surface area contributed by atoms with Crippen molar-refractivity contribution in [1.29, 1.82) is 0 Å². The Morgan fingerprint density at radius 1 is 1.31 bits per heavy atom. The molecule has 0 spiro atoms. The van der Waals surface area contributed by atoms with E-state index in [0.29, 0.717) is 24.5 Å². The monoisotopic (exact) mass is 421 g/mol. The lowest BCUT2D eigenvalue weighted by molar-refractivity contribution is -0.188. The van der Waals surface area contributed by atoms with Crippen LogP contribution in [0.3, 0.4) is 0 Å². The Hall–Kier alpha value is -1.79. The predicted octanol–water partition coefficient (Wildman–Crippen LogP) is 4.06. The SMILES string of the molecule is CC1(C)Oc2ccc(Cl)cc2[C@@H]2O[C@@H]3CCN(C(=O)CCCC(=O)O)C[C@@H]3C[C@H]21. The summed E-state index contributed by atoms with van der Waals surface area (Å²) in [7, 11) is 0. The van der Waals surface area contributed by atoms with Crippen molar-refractivity contribution in [2.75, 3.05) is 13.1 Å². The van der Waals surface area contributed by atoms with Crippen LogP contribution in [-0.4, -0.2) is 46.7 Å². The number of likely N-dealkylation sites (tertiary alicyclic amines) is 1. The number of amides is 1. The van der Waals surface area contributed by atoms with Gasteiger partial charge in [0.25, 0.3) is 0 Å². The van der Waals surface area contributed by atoms with Crippen LogP contribution in [0.4, 0.5) is 0 Å². The molecule has 158 valence electrons. The molecule has 0 radical (unpaired) electrons. The summed E-state index contributed by atoms with van der Waals surface area (Å²) in [6.07, 6.45) is 2.50. The molecular weight excluding hydrogens is 394 g/mol. The molecule has 2 saturated heterocycles. The second-order valence-electron chi connectivity index (χ2n) is 8.96. The van der Waals surface area contributed by atoms with Crippen LogP contribution in [0.2, 0.25) is 5.02 Å². The van der Waals surface area contributed by atoms with Crippen molar-refractivity contribution in [3.63, 3.8) is 0 Å². The molecule has 2 fully saturated rings. The number of aliphatic carboxylic acids is 1. The molecule has 0 unspecified atom stereocenters. The first-order valence-electron chi connectivity index (χ1n) is 10.4. The molecular formula is C22H28ClNO5. The lowest BCUT2D eigenvalue weighted by Gasteiger charge is -2.53. The summed E-state index contributed by atoms with van der Waals surface area (Å²) in [5.74, 6) is 0.463. The van der Waals surface area contributed by atoms with Gasteiger partial charge >= 0.3 is 5.97 Å². The van der Waals surface area contributed by atoms with E-state index in [9.17, 15) is 9.59 Å². The van der Waals surface area contributed by atoms with Crippen LogP contribution < -0.4 is 4.74 Å². The van der Waals surface area contributed by atoms with Gasteiger partial charge in [-0.05, 0) is 51.3 Å². The van der Waals surface area contributed by atoms with Crippen LogP contribution in [0.5, 0.6) is 5.75 Å². The van der Waals surface area contributed by atoms with Gasteiger partial charge in [0.1, 0.15) is 11.4 Å². The van der Waals surface area contributed by atoms with Gasteiger partial charge in [-0.1, -0.05) is 11.6 Å². The number of rotatable bonds is 4. The van der Waals surface area contributed by atoms with Crippen molar-refractivity contribution in [2.24, 2.45) is 11.8 Å². The molecule has 7 heteroatoms. The third-order valence-electron chi connectivity index (χ3n) is 6.59. The topological polar surface area (TPSA) is 76.1 Å². The maximum absolute atomic E-state index is 12.5. The van der Waals surface area contributed by atoms with Gasteiger partial charge in [-0.25, -0.2) is 0 Å². The quantitative estimate of drug-likeness (QED) is 0.793. The fourth-order valence-electron chi connectivity index (χ4n) is 5.06. The Kier molecular flexibility index (Phi) is 5.51. The van der Waals surface area contributed by atoms with Gasteiger partial charge in [0.05, 0.1) is 12.2 Å². The smallest absolute Gasteiger partial charge is 0.303 e. The van der Waals surface area contributed by atoms with Gasteiger partial charge < -0.3 is 19.5 Å². The number of carboxylic acid groups (broad SMARTS) is 1. The lowest BCUT2D eigenvalue weighted by Crippen LogP contribution is -2.56. The van der Waals surface area contributed by atoms with E-state index in [4.69, 9.17) is 26.2 Å². The molecule has 3 aliphatic heterocycles. The summed E-state index contributed by atoms with van der Waals surface area (Å²) in [5.41, 5.74) is 0.650. The fourth-order valence-corrected chi connectivity index (χ4v) is 5.24. The number of piperidine rings is 1. The Balaban J connectivity index is 1.47. The summed E-state index contributed by atoms with van der Waals surface area (Å²) < 4.78 is 12.9. The molecule has 1 aromatic rings. The van der Waals surface area contributed by atoms with Crippen molar-refractivity contribution in [1.82, 2.24) is 4.90 Å². The molecule has 1 N–H and O–H groups in total. The summed E-state index contributed by atoms with van der Waals surface area (Å²) >= 11 is 6.24. The second kappa shape index (κ2) is 7.80. The minimum atomic E-state index is -0.858. The van der Waals surface area contributed by atoms with E-state index < -0.39 is 5.97 Å². The van der Waals surface area contributed by atoms with Crippen LogP contribution in [-0.2, 0) is 14.3 Å². The molecule has 0 saturated carbocycles. The predicted molar refractivity (Wildman–Crippen MR) is 108 cm³/mol. The highest BCUT2D eigenvalue weighted by Gasteiger charge is 2.51. The number of hydrogen-bond acceptors (Lipinski definition) is 4. The van der Waals surface area contributed by atoms with E-state index in [-0.39, 0.29) is 48.4 Å². The molecule has 3 aliphatic rings. The summed E-state index contributed by atoms with van der Waals surface area (Å²) in [5, 5.41) is 9.45. The Labute approximate surface area is 176 Å². The number of carboxylic acids is 1. The van der Waals surface area contributed by atoms with Crippen LogP contribution >= 0.6 is 11.6 Å². The lowest BCUT2D eigenvalue weighted by atomic mass is 9.70. The standard InChI is InChI=1S/C22H28ClNO5/c1-22(2)16-10-13-12-24(19(25)4-3-5-20(26)27)9-8-17(13)28-21(16)15-11-14(23)6-7-18(15)29-22/h6-7,11,13,16-17,21H,3-5,8-10,12H2,1-2H3,(H,26,27)/t13-,16+,17+,21-/m0/s1. The van der Waals surface area contributed by atoms with Crippen molar-refractivity contribution in [3.05, 3.63) is 28.8 Å². The Bertz CT molecular complexity index is 810. The van der Waals surface area contributed by atoms with Crippen LogP contribution in [0.15, 0.2) is 18.2 Å². The third kappa shape index (κ3) is 4.10. The molecule has 1 aromatic carbocycles. The molecule has 4 atom stereocenters. The average Bonchev–Trinajstić information content (AvgIpc) is 2.66. The zero-order valence-electron chi connectivity index (χ0n) is 16.9. The molecule has 0 aromatic heterocycles. The summed E-state index contributed by atoms with van der Waals surface area (Å²) in [6.45, 7) is 5.53. The first-order chi connectivity index (χ1) is 13.7. The fraction of sp³-hybridized carbons (Fsp3) is 0.636. The number of halogens is 1. The highest BCUT2D eigenvalue weighted by molar-refractivity contribution is 6.30. The van der Waals surface area contributed by atoms with E-state index in [1.165, 1.54) is 0 Å². The first kappa shape index (κ1) is 20.5. The van der Waals surface area contributed by atoms with Crippen molar-refractivity contribution < 1.29 is 24.2 Å². The number of ether oxygens (including phenoxy) is 2. The highest BCUT2D eigenvalue weighted by Crippen LogP contribution is 2.53. The van der Waals surface area contributed by atoms with Gasteiger partial charge in [0.15, 0.2) is 0 Å². The molecule has 4 rings (SSSR count). The first-order valence-corrected chi connectivity index (χ1v) is 10.8. The molecule has 6 nitrogen and oxygen atoms in total. The third-order valence-corrected chi connectivity index (χ3v) is 6.82. The van der Waals surface area contributed by atoms with E-state index in [0.717, 1.165) is 24.2 Å². The molecule has 0 aliphatic carbocycles. The largest absolute Gasteiger partial charge is 0.487 e. The number of benzene rings is 1. The number of carbonyl (C=O) groups excluding carboxylic acids is 1. The minimum absolute atomic E-state index is 0.0337. The molecule has 3 heterocycles. The van der Waals surface area contributed by atoms with Crippen LogP contribution in [0.25, 0.3) is 0 Å². The van der Waals surface area contributed by atoms with Gasteiger partial charge in [-0.2, -0.15) is 0 Å². The average molecular weight is 422 g/mol. The molecule has 29 heavy (non-hydrogen) atoms. The Morgan fingerprint density at radius 2 is 2.10 bits per heavy atom.